The number of nitrogens with two attached hydrogens (primary N) is 1. The summed E-state index contributed by atoms with van der Waals surface area (Å²) in [6.07, 6.45) is 0. The molecule has 0 unspecified atom stereocenters. The smallest absolute Gasteiger partial charge is 0.330 e. The van der Waals surface area contributed by atoms with Crippen molar-refractivity contribution in [3.63, 3.8) is 0 Å². The number of hydroxylamine groups is 2. The number of halogens is 1. The number of carbonyl (C=O) groups excluding carboxylic acids is 1. The molecule has 5 nitrogen and oxygen atoms in total. The summed E-state index contributed by atoms with van der Waals surface area (Å²) in [7, 11) is 0. The molecule has 0 radical (unpaired) electrons. The van der Waals surface area contributed by atoms with Crippen LogP contribution in [-0.2, 0) is 9.63 Å². The summed E-state index contributed by atoms with van der Waals surface area (Å²) in [5.74, 6) is -0.649. The van der Waals surface area contributed by atoms with Gasteiger partial charge >= 0.3 is 5.97 Å². The third-order valence-corrected chi connectivity index (χ3v) is 3.41. The predicted octanol–water partition coefficient (Wildman–Crippen LogP) is 2.03. The molecule has 1 aliphatic rings. The average molecular weight is 295 g/mol. The van der Waals surface area contributed by atoms with Crippen LogP contribution in [0.3, 0.4) is 0 Å². The number of piperazine rings is 1. The van der Waals surface area contributed by atoms with Gasteiger partial charge in [0, 0.05) is 18.8 Å². The first kappa shape index (κ1) is 15.6. The van der Waals surface area contributed by atoms with Crippen LogP contribution >= 0.6 is 0 Å². The van der Waals surface area contributed by atoms with E-state index in [9.17, 15) is 9.18 Å². The van der Waals surface area contributed by atoms with E-state index >= 15 is 0 Å². The quantitative estimate of drug-likeness (QED) is 0.846. The van der Waals surface area contributed by atoms with E-state index in [-0.39, 0.29) is 11.7 Å². The van der Waals surface area contributed by atoms with Gasteiger partial charge in [0.2, 0.25) is 0 Å². The molecule has 6 heteroatoms. The van der Waals surface area contributed by atoms with Gasteiger partial charge in [-0.25, -0.2) is 9.18 Å². The number of carbonyl (C=O) groups is 1. The first-order valence-corrected chi connectivity index (χ1v) is 7.05. The van der Waals surface area contributed by atoms with Crippen molar-refractivity contribution in [2.45, 2.75) is 20.8 Å². The van der Waals surface area contributed by atoms with Gasteiger partial charge < -0.3 is 15.5 Å². The Morgan fingerprint density at radius 1 is 1.24 bits per heavy atom. The summed E-state index contributed by atoms with van der Waals surface area (Å²) in [4.78, 5) is 19.2. The molecule has 0 atom stereocenters. The fourth-order valence-corrected chi connectivity index (χ4v) is 2.00. The van der Waals surface area contributed by atoms with Crippen LogP contribution in [-0.4, -0.2) is 37.2 Å². The Balaban J connectivity index is 1.91. The maximum atomic E-state index is 13.5. The van der Waals surface area contributed by atoms with E-state index in [2.05, 4.69) is 0 Å². The van der Waals surface area contributed by atoms with Crippen LogP contribution < -0.4 is 10.6 Å². The topological polar surface area (TPSA) is 58.8 Å². The zero-order chi connectivity index (χ0) is 15.6. The first-order chi connectivity index (χ1) is 9.77. The van der Waals surface area contributed by atoms with Gasteiger partial charge in [0.1, 0.15) is 5.82 Å². The molecule has 0 amide bonds. The normalized spacial score (nSPS) is 16.9. The summed E-state index contributed by atoms with van der Waals surface area (Å²) < 4.78 is 13.5. The predicted molar refractivity (Wildman–Crippen MR) is 80.1 cm³/mol. The molecule has 0 aromatic heterocycles. The number of nitrogen functional groups attached to an aromatic ring is 1. The highest BCUT2D eigenvalue weighted by molar-refractivity contribution is 5.75. The van der Waals surface area contributed by atoms with E-state index in [0.29, 0.717) is 26.2 Å². The number of hydrogen-bond donors (Lipinski definition) is 1. The molecule has 0 aliphatic carbocycles. The van der Waals surface area contributed by atoms with Gasteiger partial charge in [0.15, 0.2) is 0 Å². The van der Waals surface area contributed by atoms with Crippen LogP contribution in [0.4, 0.5) is 15.8 Å². The first-order valence-electron chi connectivity index (χ1n) is 7.05. The molecule has 0 bridgehead atoms. The third-order valence-electron chi connectivity index (χ3n) is 3.41. The molecule has 0 saturated carbocycles. The van der Waals surface area contributed by atoms with Crippen LogP contribution in [0.1, 0.15) is 20.8 Å². The van der Waals surface area contributed by atoms with Crippen molar-refractivity contribution in [3.05, 3.63) is 24.0 Å². The molecule has 0 spiro atoms. The van der Waals surface area contributed by atoms with Gasteiger partial charge in [-0.1, -0.05) is 0 Å². The molecule has 2 N–H and O–H groups in total. The van der Waals surface area contributed by atoms with Gasteiger partial charge in [-0.15, -0.1) is 5.06 Å². The van der Waals surface area contributed by atoms with Crippen molar-refractivity contribution in [1.82, 2.24) is 5.06 Å². The van der Waals surface area contributed by atoms with Gasteiger partial charge in [0.25, 0.3) is 0 Å². The van der Waals surface area contributed by atoms with E-state index < -0.39 is 11.2 Å². The molecular weight excluding hydrogens is 273 g/mol. The second-order valence-electron chi connectivity index (χ2n) is 6.25. The molecule has 1 saturated heterocycles. The van der Waals surface area contributed by atoms with Crippen molar-refractivity contribution in [3.8, 4) is 0 Å². The highest BCUT2D eigenvalue weighted by Gasteiger charge is 2.27. The molecule has 1 heterocycles. The van der Waals surface area contributed by atoms with Gasteiger partial charge in [-0.2, -0.15) is 0 Å². The zero-order valence-electron chi connectivity index (χ0n) is 12.7. The Hall–Kier alpha value is -1.82. The Labute approximate surface area is 124 Å². The van der Waals surface area contributed by atoms with E-state index in [1.54, 1.807) is 17.2 Å². The second kappa shape index (κ2) is 5.89. The van der Waals surface area contributed by atoms with Crippen LogP contribution in [0.25, 0.3) is 0 Å². The Bertz CT molecular complexity index is 520. The van der Waals surface area contributed by atoms with E-state index in [1.165, 1.54) is 6.07 Å². The number of hydrogen-bond acceptors (Lipinski definition) is 5. The van der Waals surface area contributed by atoms with E-state index in [1.807, 2.05) is 25.7 Å². The summed E-state index contributed by atoms with van der Waals surface area (Å²) in [5, 5.41) is 1.66. The lowest BCUT2D eigenvalue weighted by molar-refractivity contribution is -0.201. The standard InChI is InChI=1S/C15H22FN3O2/c1-15(2,3)14(20)21-19-8-6-18(7-9-19)11-4-5-13(17)12(16)10-11/h4-5,10H,6-9,17H2,1-3H3. The molecule has 1 aliphatic heterocycles. The maximum absolute atomic E-state index is 13.5. The monoisotopic (exact) mass is 295 g/mol. The molecule has 1 fully saturated rings. The lowest BCUT2D eigenvalue weighted by Crippen LogP contribution is -2.48. The highest BCUT2D eigenvalue weighted by Crippen LogP contribution is 2.22. The van der Waals surface area contributed by atoms with Gasteiger partial charge in [-0.05, 0) is 39.0 Å². The van der Waals surface area contributed by atoms with E-state index in [0.717, 1.165) is 5.69 Å². The Kier molecular flexibility index (Phi) is 4.37. The number of rotatable bonds is 2. The van der Waals surface area contributed by atoms with Crippen LogP contribution in [0.2, 0.25) is 0 Å². The average Bonchev–Trinajstić information content (AvgIpc) is 2.42. The minimum Gasteiger partial charge on any atom is -0.396 e. The van der Waals surface area contributed by atoms with Crippen LogP contribution in [0.5, 0.6) is 0 Å². The second-order valence-corrected chi connectivity index (χ2v) is 6.25. The fraction of sp³-hybridized carbons (Fsp3) is 0.533. The van der Waals surface area contributed by atoms with Crippen LogP contribution in [0.15, 0.2) is 18.2 Å². The number of anilines is 2. The molecule has 116 valence electrons. The van der Waals surface area contributed by atoms with Gasteiger partial charge in [0.05, 0.1) is 24.2 Å². The molecule has 1 aromatic rings. The summed E-state index contributed by atoms with van der Waals surface area (Å²) in [6, 6.07) is 4.80. The largest absolute Gasteiger partial charge is 0.396 e. The Morgan fingerprint density at radius 3 is 2.38 bits per heavy atom. The van der Waals surface area contributed by atoms with Crippen molar-refractivity contribution in [2.24, 2.45) is 5.41 Å². The third kappa shape index (κ3) is 3.85. The van der Waals surface area contributed by atoms with Crippen molar-refractivity contribution < 1.29 is 14.0 Å². The maximum Gasteiger partial charge on any atom is 0.330 e. The lowest BCUT2D eigenvalue weighted by atomic mass is 9.98. The summed E-state index contributed by atoms with van der Waals surface area (Å²) in [6.45, 7) is 7.98. The molecule has 1 aromatic carbocycles. The summed E-state index contributed by atoms with van der Waals surface area (Å²) >= 11 is 0. The SMILES string of the molecule is CC(C)(C)C(=O)ON1CCN(c2ccc(N)c(F)c2)CC1. The Morgan fingerprint density at radius 2 is 1.86 bits per heavy atom. The molecule has 2 rings (SSSR count). The summed E-state index contributed by atoms with van der Waals surface area (Å²) in [5.41, 5.74) is 5.90. The van der Waals surface area contributed by atoms with Crippen molar-refractivity contribution in [1.29, 1.82) is 0 Å². The van der Waals surface area contributed by atoms with Crippen LogP contribution in [0, 0.1) is 11.2 Å². The molecular formula is C15H22FN3O2. The number of benzene rings is 1. The lowest BCUT2D eigenvalue weighted by Gasteiger charge is -2.35. The van der Waals surface area contributed by atoms with Gasteiger partial charge in [-0.3, -0.25) is 0 Å². The highest BCUT2D eigenvalue weighted by atomic mass is 19.1. The van der Waals surface area contributed by atoms with Crippen molar-refractivity contribution in [2.75, 3.05) is 36.8 Å². The zero-order valence-corrected chi connectivity index (χ0v) is 12.7. The minimum atomic E-state index is -0.517. The van der Waals surface area contributed by atoms with Crippen molar-refractivity contribution >= 4 is 17.3 Å². The molecule has 21 heavy (non-hydrogen) atoms. The number of nitrogens with zero attached hydrogens (tertiary/aromatic N) is 2. The fourth-order valence-electron chi connectivity index (χ4n) is 2.00. The minimum absolute atomic E-state index is 0.150. The van der Waals surface area contributed by atoms with E-state index in [4.69, 9.17) is 10.6 Å².